The number of benzene rings is 3. The summed E-state index contributed by atoms with van der Waals surface area (Å²) >= 11 is 0. The number of hydrogen-bond donors (Lipinski definition) is 0. The molecule has 1 radical (unpaired) electrons. The van der Waals surface area contributed by atoms with Gasteiger partial charge in [-0.2, -0.15) is 0 Å². The average Bonchev–Trinajstić information content (AvgIpc) is 3.07. The molecule has 0 fully saturated rings. The molecular formula is C23H19Zr. The van der Waals surface area contributed by atoms with Gasteiger partial charge in [0, 0.05) is 32.6 Å². The molecule has 0 atom stereocenters. The fourth-order valence-electron chi connectivity index (χ4n) is 3.20. The molecule has 4 rings (SSSR count). The van der Waals surface area contributed by atoms with Gasteiger partial charge in [0.15, 0.2) is 0 Å². The van der Waals surface area contributed by atoms with Gasteiger partial charge in [0.25, 0.3) is 0 Å². The average molecular weight is 387 g/mol. The maximum Gasteiger partial charge on any atom is 0.0211 e. The Labute approximate surface area is 163 Å². The van der Waals surface area contributed by atoms with Gasteiger partial charge in [-0.25, -0.2) is 0 Å². The van der Waals surface area contributed by atoms with Crippen LogP contribution in [0.1, 0.15) is 29.2 Å². The van der Waals surface area contributed by atoms with Crippen LogP contribution in [0.15, 0.2) is 72.8 Å². The maximum atomic E-state index is 2.31. The molecule has 0 aliphatic heterocycles. The summed E-state index contributed by atoms with van der Waals surface area (Å²) in [5.41, 5.74) is 9.18. The van der Waals surface area contributed by atoms with Crippen molar-refractivity contribution in [3.8, 4) is 11.1 Å². The first-order chi connectivity index (χ1) is 11.3. The Hall–Kier alpha value is -1.72. The van der Waals surface area contributed by atoms with Gasteiger partial charge < -0.3 is 0 Å². The van der Waals surface area contributed by atoms with Crippen LogP contribution in [0.5, 0.6) is 0 Å². The van der Waals surface area contributed by atoms with Crippen LogP contribution < -0.4 is 0 Å². The van der Waals surface area contributed by atoms with Gasteiger partial charge in [-0.15, -0.1) is 0 Å². The van der Waals surface area contributed by atoms with Gasteiger partial charge in [-0.3, -0.25) is 0 Å². The summed E-state index contributed by atoms with van der Waals surface area (Å²) in [6.45, 7) is 2.19. The first-order valence-corrected chi connectivity index (χ1v) is 8.19. The molecule has 115 valence electrons. The predicted octanol–water partition coefficient (Wildman–Crippen LogP) is 6.02. The predicted molar refractivity (Wildman–Crippen MR) is 99.0 cm³/mol. The van der Waals surface area contributed by atoms with E-state index in [4.69, 9.17) is 0 Å². The molecule has 0 spiro atoms. The minimum Gasteiger partial charge on any atom is -0.0622 e. The molecule has 0 unspecified atom stereocenters. The molecule has 0 amide bonds. The normalized spacial score (nSPS) is 12.3. The molecule has 1 aliphatic carbocycles. The van der Waals surface area contributed by atoms with Gasteiger partial charge >= 0.3 is 0 Å². The molecule has 3 aromatic rings. The monoisotopic (exact) mass is 385 g/mol. The Morgan fingerprint density at radius 1 is 0.708 bits per heavy atom. The quantitative estimate of drug-likeness (QED) is 0.516. The van der Waals surface area contributed by atoms with Crippen molar-refractivity contribution in [3.63, 3.8) is 0 Å². The van der Waals surface area contributed by atoms with E-state index in [1.165, 1.54) is 39.0 Å². The number of rotatable bonds is 3. The molecule has 1 heteroatoms. The third kappa shape index (κ3) is 3.24. The molecule has 0 saturated carbocycles. The first-order valence-electron chi connectivity index (χ1n) is 8.19. The van der Waals surface area contributed by atoms with Gasteiger partial charge in [0.05, 0.1) is 0 Å². The molecule has 0 heterocycles. The van der Waals surface area contributed by atoms with E-state index in [0.717, 1.165) is 6.42 Å². The summed E-state index contributed by atoms with van der Waals surface area (Å²) in [7, 11) is 0. The molecular weight excluding hydrogens is 367 g/mol. The van der Waals surface area contributed by atoms with Crippen LogP contribution in [0.2, 0.25) is 0 Å². The van der Waals surface area contributed by atoms with E-state index in [-0.39, 0.29) is 26.2 Å². The second-order valence-corrected chi connectivity index (χ2v) is 5.97. The van der Waals surface area contributed by atoms with Crippen LogP contribution in [-0.2, 0) is 32.6 Å². The van der Waals surface area contributed by atoms with E-state index in [2.05, 4.69) is 92.2 Å². The summed E-state index contributed by atoms with van der Waals surface area (Å²) in [5.74, 6) is 0. The minimum atomic E-state index is 0. The topological polar surface area (TPSA) is 0 Å². The molecule has 0 nitrogen and oxygen atoms in total. The Morgan fingerprint density at radius 2 is 1.46 bits per heavy atom. The summed E-state index contributed by atoms with van der Waals surface area (Å²) in [6, 6.07) is 26.1. The zero-order chi connectivity index (χ0) is 15.6. The van der Waals surface area contributed by atoms with E-state index < -0.39 is 0 Å². The van der Waals surface area contributed by atoms with Gasteiger partial charge in [0.1, 0.15) is 0 Å². The van der Waals surface area contributed by atoms with Gasteiger partial charge in [-0.05, 0) is 51.5 Å². The zero-order valence-electron chi connectivity index (χ0n) is 13.8. The van der Waals surface area contributed by atoms with E-state index in [1.54, 1.807) is 0 Å². The van der Waals surface area contributed by atoms with Crippen molar-refractivity contribution in [3.05, 3.63) is 101 Å². The molecule has 0 aromatic heterocycles. The number of allylic oxidation sites excluding steroid dienone is 1. The van der Waals surface area contributed by atoms with E-state index >= 15 is 0 Å². The van der Waals surface area contributed by atoms with Crippen molar-refractivity contribution in [1.82, 2.24) is 0 Å². The molecule has 24 heavy (non-hydrogen) atoms. The second-order valence-electron chi connectivity index (χ2n) is 5.97. The molecule has 1 aliphatic rings. The molecule has 3 aromatic carbocycles. The summed E-state index contributed by atoms with van der Waals surface area (Å²) in [4.78, 5) is 0. The van der Waals surface area contributed by atoms with Crippen molar-refractivity contribution >= 4 is 11.6 Å². The van der Waals surface area contributed by atoms with Crippen LogP contribution in [0.25, 0.3) is 22.8 Å². The molecule has 0 saturated heterocycles. The van der Waals surface area contributed by atoms with Crippen molar-refractivity contribution in [1.29, 1.82) is 0 Å². The van der Waals surface area contributed by atoms with Crippen molar-refractivity contribution in [2.45, 2.75) is 13.3 Å². The van der Waals surface area contributed by atoms with E-state index in [1.807, 2.05) is 0 Å². The van der Waals surface area contributed by atoms with Crippen molar-refractivity contribution in [2.75, 3.05) is 0 Å². The number of aryl methyl sites for hydroxylation is 1. The summed E-state index contributed by atoms with van der Waals surface area (Å²) in [6.07, 6.45) is 5.68. The Balaban J connectivity index is 0.00000169. The van der Waals surface area contributed by atoms with Crippen LogP contribution in [0, 0.1) is 6.42 Å². The van der Waals surface area contributed by atoms with E-state index in [0.29, 0.717) is 0 Å². The van der Waals surface area contributed by atoms with Gasteiger partial charge in [0.2, 0.25) is 0 Å². The Kier molecular flexibility index (Phi) is 5.31. The fourth-order valence-corrected chi connectivity index (χ4v) is 3.20. The minimum absolute atomic E-state index is 0. The smallest absolute Gasteiger partial charge is 0.0211 e. The van der Waals surface area contributed by atoms with Gasteiger partial charge in [-0.1, -0.05) is 79.7 Å². The van der Waals surface area contributed by atoms with E-state index in [9.17, 15) is 0 Å². The summed E-state index contributed by atoms with van der Waals surface area (Å²) in [5, 5.41) is 0. The van der Waals surface area contributed by atoms with Crippen molar-refractivity contribution < 1.29 is 26.2 Å². The SMILES string of the molecule is CCc1ccc(-c2cccc3c2C=C(c2ccccc2)[CH]3)cc1.[Zr]. The second kappa shape index (κ2) is 7.45. The number of fused-ring (bicyclic) bond motifs is 1. The maximum absolute atomic E-state index is 2.31. The van der Waals surface area contributed by atoms with Crippen LogP contribution in [0.3, 0.4) is 0 Å². The van der Waals surface area contributed by atoms with Crippen LogP contribution >= 0.6 is 0 Å². The third-order valence-electron chi connectivity index (χ3n) is 4.53. The Morgan fingerprint density at radius 3 is 2.17 bits per heavy atom. The first kappa shape index (κ1) is 17.1. The zero-order valence-corrected chi connectivity index (χ0v) is 16.2. The molecule has 0 N–H and O–H groups in total. The largest absolute Gasteiger partial charge is 0.0622 e. The van der Waals surface area contributed by atoms with Crippen LogP contribution in [-0.4, -0.2) is 0 Å². The third-order valence-corrected chi connectivity index (χ3v) is 4.53. The fraction of sp³-hybridized carbons (Fsp3) is 0.0870. The van der Waals surface area contributed by atoms with Crippen molar-refractivity contribution in [2.24, 2.45) is 0 Å². The molecule has 0 bridgehead atoms. The van der Waals surface area contributed by atoms with Crippen LogP contribution in [0.4, 0.5) is 0 Å². The standard InChI is InChI=1S/C23H19.Zr/c1-2-17-11-13-19(14-12-17)22-10-6-9-20-15-21(16-23(20)22)18-7-4-3-5-8-18;/h3-16H,2H2,1H3;. The Bertz CT molecular complexity index is 858. The number of hydrogen-bond acceptors (Lipinski definition) is 0. The summed E-state index contributed by atoms with van der Waals surface area (Å²) < 4.78 is 0.